The number of aliphatic hydroxyl groups is 1. The molecule has 1 aliphatic heterocycles. The number of hydrogen-bond donors (Lipinski definition) is 4. The van der Waals surface area contributed by atoms with Crippen LogP contribution in [-0.2, 0) is 6.42 Å². The number of nitrogens with two attached hydrogens (primary N) is 2. The first-order chi connectivity index (χ1) is 11.7. The van der Waals surface area contributed by atoms with Crippen molar-refractivity contribution in [1.29, 1.82) is 0 Å². The molecule has 24 heavy (non-hydrogen) atoms. The summed E-state index contributed by atoms with van der Waals surface area (Å²) < 4.78 is 0. The zero-order valence-electron chi connectivity index (χ0n) is 13.9. The van der Waals surface area contributed by atoms with Crippen molar-refractivity contribution in [2.45, 2.75) is 37.9 Å². The van der Waals surface area contributed by atoms with E-state index in [1.807, 2.05) is 6.08 Å². The summed E-state index contributed by atoms with van der Waals surface area (Å²) in [6.45, 7) is 0.102. The van der Waals surface area contributed by atoms with Crippen molar-refractivity contribution in [3.8, 4) is 0 Å². The third-order valence-electron chi connectivity index (χ3n) is 5.15. The third kappa shape index (κ3) is 3.95. The van der Waals surface area contributed by atoms with E-state index in [0.717, 1.165) is 25.2 Å². The van der Waals surface area contributed by atoms with Gasteiger partial charge in [-0.2, -0.15) is 0 Å². The van der Waals surface area contributed by atoms with Gasteiger partial charge in [-0.25, -0.2) is 10.8 Å². The van der Waals surface area contributed by atoms with E-state index < -0.39 is 0 Å². The Kier molecular flexibility index (Phi) is 5.50. The number of guanidine groups is 1. The first kappa shape index (κ1) is 17.0. The molecule has 1 fully saturated rings. The van der Waals surface area contributed by atoms with Crippen LogP contribution in [0.15, 0.2) is 47.6 Å². The molecule has 2 unspecified atom stereocenters. The first-order valence-electron chi connectivity index (χ1n) is 8.62. The maximum absolute atomic E-state index is 9.73. The van der Waals surface area contributed by atoms with Gasteiger partial charge in [0.05, 0.1) is 6.61 Å². The Hall–Kier alpha value is -1.89. The van der Waals surface area contributed by atoms with E-state index in [2.05, 4.69) is 40.6 Å². The molecule has 6 N–H and O–H groups in total. The Labute approximate surface area is 143 Å². The lowest BCUT2D eigenvalue weighted by Gasteiger charge is -2.42. The van der Waals surface area contributed by atoms with Gasteiger partial charge < -0.3 is 10.8 Å². The van der Waals surface area contributed by atoms with Crippen LogP contribution < -0.4 is 16.9 Å². The van der Waals surface area contributed by atoms with Crippen molar-refractivity contribution in [3.63, 3.8) is 0 Å². The largest absolute Gasteiger partial charge is 0.395 e. The van der Waals surface area contributed by atoms with Gasteiger partial charge in [-0.3, -0.25) is 10.3 Å². The lowest BCUT2D eigenvalue weighted by atomic mass is 9.69. The number of benzene rings is 1. The van der Waals surface area contributed by atoms with Crippen LogP contribution in [0, 0.1) is 11.8 Å². The molecule has 0 radical (unpaired) electrons. The van der Waals surface area contributed by atoms with Gasteiger partial charge in [0.15, 0.2) is 0 Å². The van der Waals surface area contributed by atoms with Crippen LogP contribution in [0.2, 0.25) is 0 Å². The Morgan fingerprint density at radius 2 is 2.04 bits per heavy atom. The number of aryl methyl sites for hydroxylation is 1. The van der Waals surface area contributed by atoms with E-state index in [0.29, 0.717) is 5.92 Å². The van der Waals surface area contributed by atoms with Crippen molar-refractivity contribution >= 4 is 5.96 Å². The van der Waals surface area contributed by atoms with Crippen molar-refractivity contribution in [3.05, 3.63) is 48.2 Å². The number of aliphatic hydroxyl groups excluding tert-OH is 1. The smallest absolute Gasteiger partial charge is 0.212 e. The lowest BCUT2D eigenvalue weighted by molar-refractivity contribution is 0.0814. The minimum absolute atomic E-state index is 0.0320. The van der Waals surface area contributed by atoms with Gasteiger partial charge in [-0.05, 0) is 49.2 Å². The first-order valence-corrected chi connectivity index (χ1v) is 8.62. The zero-order chi connectivity index (χ0) is 16.9. The van der Waals surface area contributed by atoms with Gasteiger partial charge in [-0.1, -0.05) is 30.3 Å². The molecule has 1 aromatic rings. The number of hydrazine groups is 1. The molecule has 1 aliphatic carbocycles. The number of rotatable bonds is 7. The highest BCUT2D eigenvalue weighted by Crippen LogP contribution is 2.39. The van der Waals surface area contributed by atoms with Crippen molar-refractivity contribution in [2.24, 2.45) is 28.4 Å². The standard InChI is InChI=1S/C18H27N5O/c19-18-21-9-8-17(23(18)20)22-16(12-24)15-10-14(11-15)7-6-13-4-2-1-3-5-13/h1-5,8-9,14-17,22,24H,6-7,10-12,20H2,(H2,19,21). The van der Waals surface area contributed by atoms with E-state index in [-0.39, 0.29) is 24.8 Å². The predicted octanol–water partition coefficient (Wildman–Crippen LogP) is 0.940. The molecule has 0 saturated heterocycles. The molecule has 0 amide bonds. The van der Waals surface area contributed by atoms with E-state index in [1.165, 1.54) is 17.0 Å². The Balaban J connectivity index is 1.43. The number of aliphatic imine (C=N–C) groups is 1. The maximum atomic E-state index is 9.73. The van der Waals surface area contributed by atoms with Crippen LogP contribution in [0.3, 0.4) is 0 Å². The predicted molar refractivity (Wildman–Crippen MR) is 95.6 cm³/mol. The maximum Gasteiger partial charge on any atom is 0.212 e. The van der Waals surface area contributed by atoms with Gasteiger partial charge >= 0.3 is 0 Å². The molecular formula is C18H27N5O. The number of nitrogens with zero attached hydrogens (tertiary/aromatic N) is 2. The van der Waals surface area contributed by atoms with Crippen LogP contribution in [0.1, 0.15) is 24.8 Å². The molecule has 130 valence electrons. The molecule has 6 nitrogen and oxygen atoms in total. The zero-order valence-corrected chi connectivity index (χ0v) is 13.9. The van der Waals surface area contributed by atoms with Gasteiger partial charge in [0.1, 0.15) is 6.17 Å². The van der Waals surface area contributed by atoms with Gasteiger partial charge in [0.25, 0.3) is 0 Å². The normalized spacial score (nSPS) is 27.5. The third-order valence-corrected chi connectivity index (χ3v) is 5.15. The number of nitrogens with one attached hydrogen (secondary N) is 1. The fraction of sp³-hybridized carbons (Fsp3) is 0.500. The Morgan fingerprint density at radius 3 is 2.75 bits per heavy atom. The molecular weight excluding hydrogens is 302 g/mol. The van der Waals surface area contributed by atoms with E-state index in [1.54, 1.807) is 6.20 Å². The quantitative estimate of drug-likeness (QED) is 0.558. The minimum Gasteiger partial charge on any atom is -0.395 e. The van der Waals surface area contributed by atoms with Gasteiger partial charge in [0, 0.05) is 12.2 Å². The summed E-state index contributed by atoms with van der Waals surface area (Å²) in [5, 5.41) is 14.5. The van der Waals surface area contributed by atoms with Crippen molar-refractivity contribution in [2.75, 3.05) is 6.61 Å². The fourth-order valence-corrected chi connectivity index (χ4v) is 3.56. The molecule has 6 heteroatoms. The van der Waals surface area contributed by atoms with Crippen LogP contribution in [-0.4, -0.2) is 34.9 Å². The Morgan fingerprint density at radius 1 is 1.29 bits per heavy atom. The summed E-state index contributed by atoms with van der Waals surface area (Å²) in [5.41, 5.74) is 7.12. The molecule has 1 saturated carbocycles. The average Bonchev–Trinajstić information content (AvgIpc) is 2.57. The highest BCUT2D eigenvalue weighted by molar-refractivity contribution is 5.79. The van der Waals surface area contributed by atoms with Crippen LogP contribution in [0.5, 0.6) is 0 Å². The average molecular weight is 329 g/mol. The SMILES string of the molecule is NC1=NC=CC(NC(CO)C2CC(CCc3ccccc3)C2)N1N. The summed E-state index contributed by atoms with van der Waals surface area (Å²) in [5.74, 6) is 7.41. The van der Waals surface area contributed by atoms with Crippen molar-refractivity contribution in [1.82, 2.24) is 10.3 Å². The van der Waals surface area contributed by atoms with Crippen LogP contribution >= 0.6 is 0 Å². The second-order valence-electron chi connectivity index (χ2n) is 6.76. The lowest BCUT2D eigenvalue weighted by Crippen LogP contribution is -2.60. The Bertz CT molecular complexity index is 582. The summed E-state index contributed by atoms with van der Waals surface area (Å²) in [6.07, 6.45) is 7.92. The molecule has 1 heterocycles. The van der Waals surface area contributed by atoms with Gasteiger partial charge in [-0.15, -0.1) is 0 Å². The molecule has 2 aliphatic rings. The summed E-state index contributed by atoms with van der Waals surface area (Å²) in [4.78, 5) is 3.95. The van der Waals surface area contributed by atoms with E-state index >= 15 is 0 Å². The van der Waals surface area contributed by atoms with E-state index in [4.69, 9.17) is 11.6 Å². The number of hydrogen-bond acceptors (Lipinski definition) is 6. The second-order valence-corrected chi connectivity index (χ2v) is 6.76. The summed E-state index contributed by atoms with van der Waals surface area (Å²) in [6, 6.07) is 10.6. The van der Waals surface area contributed by atoms with Crippen LogP contribution in [0.4, 0.5) is 0 Å². The fourth-order valence-electron chi connectivity index (χ4n) is 3.56. The molecule has 0 bridgehead atoms. The monoisotopic (exact) mass is 329 g/mol. The molecule has 3 rings (SSSR count). The molecule has 0 spiro atoms. The molecule has 0 aromatic heterocycles. The second kappa shape index (κ2) is 7.79. The molecule has 1 aromatic carbocycles. The van der Waals surface area contributed by atoms with Gasteiger partial charge in [0.2, 0.25) is 5.96 Å². The van der Waals surface area contributed by atoms with Crippen LogP contribution in [0.25, 0.3) is 0 Å². The topological polar surface area (TPSA) is 99.9 Å². The van der Waals surface area contributed by atoms with Crippen molar-refractivity contribution < 1.29 is 5.11 Å². The highest BCUT2D eigenvalue weighted by atomic mass is 16.3. The molecule has 2 atom stereocenters. The summed E-state index contributed by atoms with van der Waals surface area (Å²) >= 11 is 0. The minimum atomic E-state index is -0.219. The van der Waals surface area contributed by atoms with E-state index in [9.17, 15) is 5.11 Å². The summed E-state index contributed by atoms with van der Waals surface area (Å²) in [7, 11) is 0. The highest BCUT2D eigenvalue weighted by Gasteiger charge is 2.35.